The molecule has 0 unspecified atom stereocenters. The van der Waals surface area contributed by atoms with Crippen molar-refractivity contribution in [1.82, 2.24) is 4.57 Å². The van der Waals surface area contributed by atoms with Gasteiger partial charge in [0.25, 0.3) is 0 Å². The topological polar surface area (TPSA) is 24.6 Å². The zero-order valence-electron chi connectivity index (χ0n) is 35.9. The molecule has 2 heterocycles. The van der Waals surface area contributed by atoms with E-state index in [-0.39, 0.29) is 0 Å². The van der Waals surface area contributed by atoms with Gasteiger partial charge in [0, 0.05) is 61.4 Å². The number of furan rings is 1. The fraction of sp³-hybridized carbons (Fsp3) is 0. The quantitative estimate of drug-likeness (QED) is 0.152. The molecule has 13 aromatic rings. The fourth-order valence-corrected chi connectivity index (χ4v) is 9.96. The number of hydrogen-bond donors (Lipinski definition) is 0. The molecular formula is C62H41N3O. The normalized spacial score (nSPS) is 11.6. The molecule has 0 N–H and O–H groups in total. The Morgan fingerprint density at radius 3 is 1.62 bits per heavy atom. The molecule has 4 nitrogen and oxygen atoms in total. The van der Waals surface area contributed by atoms with Crippen LogP contribution in [-0.2, 0) is 0 Å². The number of fused-ring (bicyclic) bond motifs is 8. The average molecular weight is 844 g/mol. The summed E-state index contributed by atoms with van der Waals surface area (Å²) >= 11 is 0. The zero-order valence-corrected chi connectivity index (χ0v) is 35.9. The number of anilines is 6. The number of para-hydroxylation sites is 4. The molecule has 66 heavy (non-hydrogen) atoms. The monoisotopic (exact) mass is 843 g/mol. The van der Waals surface area contributed by atoms with Gasteiger partial charge in [0.1, 0.15) is 11.2 Å². The Bertz CT molecular complexity index is 3940. The van der Waals surface area contributed by atoms with E-state index in [0.717, 1.165) is 72.7 Å². The number of rotatable bonds is 8. The second-order valence-electron chi connectivity index (χ2n) is 17.0. The van der Waals surface area contributed by atoms with Crippen LogP contribution >= 0.6 is 0 Å². The lowest BCUT2D eigenvalue weighted by Gasteiger charge is -2.29. The van der Waals surface area contributed by atoms with E-state index in [1.165, 1.54) is 43.5 Å². The minimum Gasteiger partial charge on any atom is -0.456 e. The van der Waals surface area contributed by atoms with Crippen LogP contribution in [-0.4, -0.2) is 4.57 Å². The molecule has 0 radical (unpaired) electrons. The Labute approximate surface area is 382 Å². The molecule has 4 heteroatoms. The van der Waals surface area contributed by atoms with Gasteiger partial charge in [-0.3, -0.25) is 0 Å². The molecule has 0 spiro atoms. The van der Waals surface area contributed by atoms with Gasteiger partial charge in [-0.05, 0) is 142 Å². The first kappa shape index (κ1) is 37.7. The Morgan fingerprint density at radius 1 is 0.273 bits per heavy atom. The average Bonchev–Trinajstić information content (AvgIpc) is 3.91. The molecule has 0 aliphatic carbocycles. The zero-order chi connectivity index (χ0) is 43.6. The number of hydrogen-bond acceptors (Lipinski definition) is 3. The second-order valence-corrected chi connectivity index (χ2v) is 17.0. The lowest BCUT2D eigenvalue weighted by atomic mass is 10.0. The van der Waals surface area contributed by atoms with Crippen LogP contribution in [0.4, 0.5) is 34.1 Å². The Hall–Kier alpha value is -8.86. The summed E-state index contributed by atoms with van der Waals surface area (Å²) in [6, 6.07) is 89.5. The molecule has 310 valence electrons. The van der Waals surface area contributed by atoms with Gasteiger partial charge in [-0.25, -0.2) is 0 Å². The maximum atomic E-state index is 6.37. The molecule has 0 atom stereocenters. The summed E-state index contributed by atoms with van der Waals surface area (Å²) in [6.45, 7) is 0. The summed E-state index contributed by atoms with van der Waals surface area (Å²) in [4.78, 5) is 4.72. The smallest absolute Gasteiger partial charge is 0.136 e. The van der Waals surface area contributed by atoms with E-state index in [1.807, 2.05) is 12.1 Å². The molecule has 11 aromatic carbocycles. The van der Waals surface area contributed by atoms with E-state index in [4.69, 9.17) is 4.42 Å². The van der Waals surface area contributed by atoms with E-state index in [2.05, 4.69) is 251 Å². The third-order valence-corrected chi connectivity index (χ3v) is 13.1. The summed E-state index contributed by atoms with van der Waals surface area (Å²) < 4.78 is 8.75. The van der Waals surface area contributed by atoms with E-state index in [0.29, 0.717) is 0 Å². The minimum absolute atomic E-state index is 0.889. The first-order valence-corrected chi connectivity index (χ1v) is 22.5. The highest BCUT2D eigenvalue weighted by Crippen LogP contribution is 2.43. The summed E-state index contributed by atoms with van der Waals surface area (Å²) in [5.41, 5.74) is 14.1. The van der Waals surface area contributed by atoms with Gasteiger partial charge < -0.3 is 18.8 Å². The van der Waals surface area contributed by atoms with Crippen molar-refractivity contribution >= 4 is 99.4 Å². The second kappa shape index (κ2) is 15.4. The van der Waals surface area contributed by atoms with E-state index in [9.17, 15) is 0 Å². The van der Waals surface area contributed by atoms with Gasteiger partial charge in [0.05, 0.1) is 11.0 Å². The van der Waals surface area contributed by atoms with Gasteiger partial charge in [-0.1, -0.05) is 140 Å². The summed E-state index contributed by atoms with van der Waals surface area (Å²) in [6.07, 6.45) is 0. The molecule has 13 rings (SSSR count). The SMILES string of the molecule is c1ccc(N(c2ccc(-c3ccc4c5ccccc5n(-c5ccccc5)c4c3)cc2)c2cccc(N(c3ccc4ccccc4c3)c3ccc4cc5c(cc4c3)oc3ccccc35)c2)cc1. The Morgan fingerprint density at radius 2 is 0.818 bits per heavy atom. The molecule has 2 aromatic heterocycles. The van der Waals surface area contributed by atoms with Crippen molar-refractivity contribution in [3.8, 4) is 16.8 Å². The molecule has 0 aliphatic rings. The van der Waals surface area contributed by atoms with Gasteiger partial charge in [-0.15, -0.1) is 0 Å². The highest BCUT2D eigenvalue weighted by Gasteiger charge is 2.20. The highest BCUT2D eigenvalue weighted by molar-refractivity contribution is 6.11. The van der Waals surface area contributed by atoms with E-state index >= 15 is 0 Å². The van der Waals surface area contributed by atoms with Crippen LogP contribution in [0.2, 0.25) is 0 Å². The summed E-state index contributed by atoms with van der Waals surface area (Å²) in [7, 11) is 0. The molecule has 0 amide bonds. The Balaban J connectivity index is 0.920. The minimum atomic E-state index is 0.889. The predicted molar refractivity (Wildman–Crippen MR) is 278 cm³/mol. The molecule has 0 saturated carbocycles. The van der Waals surface area contributed by atoms with Crippen molar-refractivity contribution < 1.29 is 4.42 Å². The molecule has 0 saturated heterocycles. The molecule has 0 aliphatic heterocycles. The van der Waals surface area contributed by atoms with Gasteiger partial charge in [0.2, 0.25) is 0 Å². The van der Waals surface area contributed by atoms with Crippen LogP contribution in [0.15, 0.2) is 253 Å². The number of nitrogens with zero attached hydrogens (tertiary/aromatic N) is 3. The van der Waals surface area contributed by atoms with Gasteiger partial charge in [0.15, 0.2) is 0 Å². The summed E-state index contributed by atoms with van der Waals surface area (Å²) in [5.74, 6) is 0. The van der Waals surface area contributed by atoms with E-state index < -0.39 is 0 Å². The van der Waals surface area contributed by atoms with Crippen LogP contribution in [0.3, 0.4) is 0 Å². The van der Waals surface area contributed by atoms with Crippen molar-refractivity contribution in [3.63, 3.8) is 0 Å². The lowest BCUT2D eigenvalue weighted by molar-refractivity contribution is 0.669. The van der Waals surface area contributed by atoms with Crippen molar-refractivity contribution in [3.05, 3.63) is 249 Å². The first-order valence-electron chi connectivity index (χ1n) is 22.5. The largest absolute Gasteiger partial charge is 0.456 e. The summed E-state index contributed by atoms with van der Waals surface area (Å²) in [5, 5.41) is 9.44. The maximum Gasteiger partial charge on any atom is 0.136 e. The van der Waals surface area contributed by atoms with Crippen molar-refractivity contribution in [2.45, 2.75) is 0 Å². The van der Waals surface area contributed by atoms with Gasteiger partial charge in [-0.2, -0.15) is 0 Å². The highest BCUT2D eigenvalue weighted by atomic mass is 16.3. The van der Waals surface area contributed by atoms with Crippen LogP contribution in [0, 0.1) is 0 Å². The maximum absolute atomic E-state index is 6.37. The van der Waals surface area contributed by atoms with Gasteiger partial charge >= 0.3 is 0 Å². The first-order chi connectivity index (χ1) is 32.7. The van der Waals surface area contributed by atoms with E-state index in [1.54, 1.807) is 0 Å². The van der Waals surface area contributed by atoms with Crippen molar-refractivity contribution in [2.75, 3.05) is 9.80 Å². The lowest BCUT2D eigenvalue weighted by Crippen LogP contribution is -2.13. The number of aromatic nitrogens is 1. The van der Waals surface area contributed by atoms with Crippen LogP contribution in [0.5, 0.6) is 0 Å². The Kier molecular flexibility index (Phi) is 8.81. The molecular weight excluding hydrogens is 803 g/mol. The molecule has 0 bridgehead atoms. The standard InChI is InChI=1S/C62H41N3O/c1-3-16-48(17-4-1)63(50-31-26-43(27-32-50)46-30-35-56-55-22-9-11-24-59(55)65(60(56)39-46)49-18-5-2-6-19-49)51-20-13-21-52(41-51)64(53-33-28-42-14-7-8-15-44(42)36-53)54-34-29-45-38-58-57-23-10-12-25-61(57)66-62(58)40-47(45)37-54/h1-41H. The van der Waals surface area contributed by atoms with Crippen molar-refractivity contribution in [2.24, 2.45) is 0 Å². The predicted octanol–water partition coefficient (Wildman–Crippen LogP) is 17.6. The third-order valence-electron chi connectivity index (χ3n) is 13.1. The van der Waals surface area contributed by atoms with Crippen LogP contribution in [0.25, 0.3) is 82.1 Å². The third kappa shape index (κ3) is 6.38. The molecule has 0 fully saturated rings. The van der Waals surface area contributed by atoms with Crippen LogP contribution < -0.4 is 9.80 Å². The van der Waals surface area contributed by atoms with Crippen molar-refractivity contribution in [1.29, 1.82) is 0 Å². The number of benzene rings is 11. The van der Waals surface area contributed by atoms with Crippen LogP contribution in [0.1, 0.15) is 0 Å². The fourth-order valence-electron chi connectivity index (χ4n) is 9.96.